The molecule has 0 spiro atoms. The zero-order valence-corrected chi connectivity index (χ0v) is 10.7. The van der Waals surface area contributed by atoms with Gasteiger partial charge in [-0.15, -0.1) is 10.2 Å². The maximum atomic E-state index is 4.26. The Labute approximate surface area is 105 Å². The highest BCUT2D eigenvalue weighted by atomic mass is 32.1. The second-order valence-electron chi connectivity index (χ2n) is 4.37. The Morgan fingerprint density at radius 2 is 2.12 bits per heavy atom. The topological polar surface area (TPSA) is 37.8 Å². The Kier molecular flexibility index (Phi) is 2.91. The molecule has 3 nitrogen and oxygen atoms in total. The lowest BCUT2D eigenvalue weighted by atomic mass is 10.1. The highest BCUT2D eigenvalue weighted by Crippen LogP contribution is 2.29. The first kappa shape index (κ1) is 10.9. The summed E-state index contributed by atoms with van der Waals surface area (Å²) in [6.45, 7) is 0.794. The molecule has 1 N–H and O–H groups in total. The van der Waals surface area contributed by atoms with Crippen LogP contribution in [0.15, 0.2) is 18.2 Å². The van der Waals surface area contributed by atoms with E-state index in [4.69, 9.17) is 0 Å². The maximum absolute atomic E-state index is 4.26. The highest BCUT2D eigenvalue weighted by Gasteiger charge is 2.13. The van der Waals surface area contributed by atoms with E-state index in [1.165, 1.54) is 36.0 Å². The Bertz CT molecular complexity index is 533. The van der Waals surface area contributed by atoms with Crippen LogP contribution in [0.3, 0.4) is 0 Å². The van der Waals surface area contributed by atoms with Gasteiger partial charge in [0.15, 0.2) is 0 Å². The van der Waals surface area contributed by atoms with Crippen molar-refractivity contribution in [2.75, 3.05) is 7.05 Å². The van der Waals surface area contributed by atoms with Gasteiger partial charge in [0.05, 0.1) is 0 Å². The third-order valence-corrected chi connectivity index (χ3v) is 4.11. The lowest BCUT2D eigenvalue weighted by molar-refractivity contribution is 0.795. The number of hydrogen-bond acceptors (Lipinski definition) is 4. The van der Waals surface area contributed by atoms with E-state index in [9.17, 15) is 0 Å². The SMILES string of the molecule is CNCc1nnc(-c2ccc3c(c2)CCC3)s1. The molecule has 2 aromatic rings. The molecule has 17 heavy (non-hydrogen) atoms. The minimum Gasteiger partial charge on any atom is -0.313 e. The smallest absolute Gasteiger partial charge is 0.147 e. The summed E-state index contributed by atoms with van der Waals surface area (Å²) in [6.07, 6.45) is 3.74. The molecule has 0 bridgehead atoms. The first-order valence-electron chi connectivity index (χ1n) is 5.96. The molecule has 0 amide bonds. The van der Waals surface area contributed by atoms with Crippen molar-refractivity contribution < 1.29 is 0 Å². The molecule has 3 rings (SSSR count). The molecule has 88 valence electrons. The van der Waals surface area contributed by atoms with Gasteiger partial charge >= 0.3 is 0 Å². The zero-order valence-electron chi connectivity index (χ0n) is 9.86. The fraction of sp³-hybridized carbons (Fsp3) is 0.385. The van der Waals surface area contributed by atoms with E-state index in [1.807, 2.05) is 7.05 Å². The molecule has 1 aromatic carbocycles. The number of hydrogen-bond donors (Lipinski definition) is 1. The summed E-state index contributed by atoms with van der Waals surface area (Å²) >= 11 is 1.67. The third kappa shape index (κ3) is 2.10. The molecule has 1 aromatic heterocycles. The van der Waals surface area contributed by atoms with Crippen molar-refractivity contribution in [3.63, 3.8) is 0 Å². The quantitative estimate of drug-likeness (QED) is 0.902. The molecule has 0 saturated carbocycles. The third-order valence-electron chi connectivity index (χ3n) is 3.14. The number of aromatic nitrogens is 2. The van der Waals surface area contributed by atoms with Gasteiger partial charge in [0.25, 0.3) is 0 Å². The number of rotatable bonds is 3. The van der Waals surface area contributed by atoms with E-state index < -0.39 is 0 Å². The summed E-state index contributed by atoms with van der Waals surface area (Å²) in [4.78, 5) is 0. The minimum atomic E-state index is 0.794. The fourth-order valence-corrected chi connectivity index (χ4v) is 3.15. The monoisotopic (exact) mass is 245 g/mol. The molecular formula is C13H15N3S. The van der Waals surface area contributed by atoms with Crippen LogP contribution >= 0.6 is 11.3 Å². The number of aryl methyl sites for hydroxylation is 2. The van der Waals surface area contributed by atoms with Crippen molar-refractivity contribution >= 4 is 11.3 Å². The van der Waals surface area contributed by atoms with Crippen molar-refractivity contribution in [2.24, 2.45) is 0 Å². The van der Waals surface area contributed by atoms with Crippen molar-refractivity contribution in [3.8, 4) is 10.6 Å². The predicted octanol–water partition coefficient (Wildman–Crippen LogP) is 2.41. The van der Waals surface area contributed by atoms with Crippen molar-refractivity contribution in [1.82, 2.24) is 15.5 Å². The molecule has 1 heterocycles. The van der Waals surface area contributed by atoms with Gasteiger partial charge in [0.1, 0.15) is 10.0 Å². The van der Waals surface area contributed by atoms with E-state index in [0.29, 0.717) is 0 Å². The van der Waals surface area contributed by atoms with Crippen LogP contribution in [0.25, 0.3) is 10.6 Å². The Morgan fingerprint density at radius 3 is 3.00 bits per heavy atom. The van der Waals surface area contributed by atoms with Gasteiger partial charge in [-0.05, 0) is 43.5 Å². The van der Waals surface area contributed by atoms with Crippen LogP contribution in [-0.2, 0) is 19.4 Å². The number of benzene rings is 1. The Balaban J connectivity index is 1.92. The van der Waals surface area contributed by atoms with Gasteiger partial charge in [-0.3, -0.25) is 0 Å². The molecule has 4 heteroatoms. The molecule has 0 radical (unpaired) electrons. The van der Waals surface area contributed by atoms with Gasteiger partial charge < -0.3 is 5.32 Å². The van der Waals surface area contributed by atoms with Crippen molar-refractivity contribution in [1.29, 1.82) is 0 Å². The van der Waals surface area contributed by atoms with E-state index in [0.717, 1.165) is 16.6 Å². The number of fused-ring (bicyclic) bond motifs is 1. The highest BCUT2D eigenvalue weighted by molar-refractivity contribution is 7.14. The summed E-state index contributed by atoms with van der Waals surface area (Å²) in [5, 5.41) is 13.6. The summed E-state index contributed by atoms with van der Waals surface area (Å²) in [5.41, 5.74) is 4.21. The van der Waals surface area contributed by atoms with Crippen LogP contribution in [-0.4, -0.2) is 17.2 Å². The van der Waals surface area contributed by atoms with E-state index in [-0.39, 0.29) is 0 Å². The number of nitrogens with zero attached hydrogens (tertiary/aromatic N) is 2. The van der Waals surface area contributed by atoms with Crippen LogP contribution in [0.2, 0.25) is 0 Å². The summed E-state index contributed by atoms with van der Waals surface area (Å²) in [5.74, 6) is 0. The Hall–Kier alpha value is -1.26. The molecule has 1 aliphatic rings. The number of nitrogens with one attached hydrogen (secondary N) is 1. The van der Waals surface area contributed by atoms with E-state index in [2.05, 4.69) is 33.7 Å². The minimum absolute atomic E-state index is 0.794. The van der Waals surface area contributed by atoms with Crippen LogP contribution in [0.4, 0.5) is 0 Å². The first-order valence-corrected chi connectivity index (χ1v) is 6.77. The van der Waals surface area contributed by atoms with Gasteiger partial charge in [0.2, 0.25) is 0 Å². The second kappa shape index (κ2) is 4.55. The van der Waals surface area contributed by atoms with Crippen molar-refractivity contribution in [2.45, 2.75) is 25.8 Å². The van der Waals surface area contributed by atoms with Gasteiger partial charge in [-0.25, -0.2) is 0 Å². The van der Waals surface area contributed by atoms with Crippen molar-refractivity contribution in [3.05, 3.63) is 34.3 Å². The lowest BCUT2D eigenvalue weighted by Crippen LogP contribution is -2.04. The summed E-state index contributed by atoms with van der Waals surface area (Å²) in [6, 6.07) is 6.70. The molecule has 0 atom stereocenters. The first-order chi connectivity index (χ1) is 8.36. The zero-order chi connectivity index (χ0) is 11.7. The maximum Gasteiger partial charge on any atom is 0.147 e. The van der Waals surface area contributed by atoms with E-state index >= 15 is 0 Å². The summed E-state index contributed by atoms with van der Waals surface area (Å²) in [7, 11) is 1.93. The van der Waals surface area contributed by atoms with Gasteiger partial charge in [0, 0.05) is 12.1 Å². The molecule has 0 saturated heterocycles. The van der Waals surface area contributed by atoms with Gasteiger partial charge in [-0.1, -0.05) is 23.5 Å². The van der Waals surface area contributed by atoms with Crippen LogP contribution in [0.5, 0.6) is 0 Å². The average Bonchev–Trinajstić information content (AvgIpc) is 2.96. The van der Waals surface area contributed by atoms with Gasteiger partial charge in [-0.2, -0.15) is 0 Å². The summed E-state index contributed by atoms with van der Waals surface area (Å²) < 4.78 is 0. The van der Waals surface area contributed by atoms with Crippen LogP contribution in [0, 0.1) is 0 Å². The fourth-order valence-electron chi connectivity index (χ4n) is 2.30. The normalized spacial score (nSPS) is 13.9. The van der Waals surface area contributed by atoms with Crippen LogP contribution in [0.1, 0.15) is 22.6 Å². The second-order valence-corrected chi connectivity index (χ2v) is 5.43. The molecule has 1 aliphatic carbocycles. The molecule has 0 fully saturated rings. The predicted molar refractivity (Wildman–Crippen MR) is 70.1 cm³/mol. The van der Waals surface area contributed by atoms with E-state index in [1.54, 1.807) is 11.3 Å². The van der Waals surface area contributed by atoms with Crippen LogP contribution < -0.4 is 5.32 Å². The Morgan fingerprint density at radius 1 is 1.24 bits per heavy atom. The molecule has 0 aliphatic heterocycles. The average molecular weight is 245 g/mol. The lowest BCUT2D eigenvalue weighted by Gasteiger charge is -2.01. The largest absolute Gasteiger partial charge is 0.313 e. The molecule has 0 unspecified atom stereocenters. The standard InChI is InChI=1S/C13H15N3S/c1-14-8-12-15-16-13(17-12)11-6-5-9-3-2-4-10(9)7-11/h5-7,14H,2-4,8H2,1H3. The molecular weight excluding hydrogens is 230 g/mol.